The van der Waals surface area contributed by atoms with E-state index < -0.39 is 0 Å². The fraction of sp³-hybridized carbons (Fsp3) is 0.176. The highest BCUT2D eigenvalue weighted by Crippen LogP contribution is 2.36. The number of aryl methyl sites for hydroxylation is 1. The lowest BCUT2D eigenvalue weighted by Gasteiger charge is -2.06. The molecule has 7 heteroatoms. The van der Waals surface area contributed by atoms with Gasteiger partial charge in [-0.1, -0.05) is 0 Å². The molecule has 1 aromatic carbocycles. The predicted octanol–water partition coefficient (Wildman–Crippen LogP) is 3.84. The van der Waals surface area contributed by atoms with Crippen LogP contribution in [0.3, 0.4) is 0 Å². The molecular formula is C17H13N3O3S. The van der Waals surface area contributed by atoms with Crippen LogP contribution >= 0.6 is 11.3 Å². The van der Waals surface area contributed by atoms with E-state index in [4.69, 9.17) is 14.7 Å². The molecule has 0 aliphatic heterocycles. The Labute approximate surface area is 142 Å². The number of carbonyl (C=O) groups excluding carboxylic acids is 1. The molecule has 2 heterocycles. The third-order valence-corrected chi connectivity index (χ3v) is 4.53. The quantitative estimate of drug-likeness (QED) is 0.671. The SMILES string of the molecule is CCOC(=O)c1sc2ncnc(Oc3ccc(C#N)cc3)c2c1C. The van der Waals surface area contributed by atoms with Gasteiger partial charge in [-0.05, 0) is 43.7 Å². The summed E-state index contributed by atoms with van der Waals surface area (Å²) in [5.41, 5.74) is 1.28. The molecule has 3 aromatic rings. The van der Waals surface area contributed by atoms with Crippen LogP contribution in [0.2, 0.25) is 0 Å². The summed E-state index contributed by atoms with van der Waals surface area (Å²) in [6.07, 6.45) is 1.40. The normalized spacial score (nSPS) is 10.4. The van der Waals surface area contributed by atoms with Gasteiger partial charge in [0.2, 0.25) is 5.88 Å². The summed E-state index contributed by atoms with van der Waals surface area (Å²) in [7, 11) is 0. The number of ether oxygens (including phenoxy) is 2. The van der Waals surface area contributed by atoms with Gasteiger partial charge in [0.05, 0.1) is 23.6 Å². The van der Waals surface area contributed by atoms with E-state index in [9.17, 15) is 4.79 Å². The molecule has 0 saturated heterocycles. The molecule has 2 aromatic heterocycles. The highest BCUT2D eigenvalue weighted by atomic mass is 32.1. The minimum Gasteiger partial charge on any atom is -0.462 e. The van der Waals surface area contributed by atoms with E-state index in [1.165, 1.54) is 17.7 Å². The summed E-state index contributed by atoms with van der Waals surface area (Å²) in [6, 6.07) is 8.77. The molecule has 0 bridgehead atoms. The average Bonchev–Trinajstić information content (AvgIpc) is 2.94. The first-order valence-electron chi connectivity index (χ1n) is 7.23. The largest absolute Gasteiger partial charge is 0.462 e. The van der Waals surface area contributed by atoms with Crippen LogP contribution in [0.15, 0.2) is 30.6 Å². The molecule has 3 rings (SSSR count). The molecule has 6 nitrogen and oxygen atoms in total. The maximum Gasteiger partial charge on any atom is 0.348 e. The minimum atomic E-state index is -0.373. The van der Waals surface area contributed by atoms with Gasteiger partial charge >= 0.3 is 5.97 Å². The fourth-order valence-electron chi connectivity index (χ4n) is 2.22. The van der Waals surface area contributed by atoms with Gasteiger partial charge in [-0.15, -0.1) is 11.3 Å². The number of carbonyl (C=O) groups is 1. The van der Waals surface area contributed by atoms with Crippen molar-refractivity contribution in [1.29, 1.82) is 5.26 Å². The van der Waals surface area contributed by atoms with E-state index in [0.717, 1.165) is 5.56 Å². The monoisotopic (exact) mass is 339 g/mol. The summed E-state index contributed by atoms with van der Waals surface area (Å²) in [6.45, 7) is 3.90. The van der Waals surface area contributed by atoms with Crippen molar-refractivity contribution in [3.05, 3.63) is 46.6 Å². The van der Waals surface area contributed by atoms with E-state index in [2.05, 4.69) is 16.0 Å². The van der Waals surface area contributed by atoms with Crippen LogP contribution in [-0.4, -0.2) is 22.5 Å². The third-order valence-electron chi connectivity index (χ3n) is 3.35. The van der Waals surface area contributed by atoms with Crippen LogP contribution in [0, 0.1) is 18.3 Å². The van der Waals surface area contributed by atoms with Gasteiger partial charge in [0.25, 0.3) is 0 Å². The minimum absolute atomic E-state index is 0.312. The topological polar surface area (TPSA) is 85.1 Å². The number of nitrogens with zero attached hydrogens (tertiary/aromatic N) is 3. The van der Waals surface area contributed by atoms with Crippen molar-refractivity contribution in [2.75, 3.05) is 6.61 Å². The maximum absolute atomic E-state index is 12.0. The second-order valence-electron chi connectivity index (χ2n) is 4.87. The lowest BCUT2D eigenvalue weighted by atomic mass is 10.2. The zero-order valence-electron chi connectivity index (χ0n) is 13.1. The van der Waals surface area contributed by atoms with Gasteiger partial charge in [0.1, 0.15) is 21.8 Å². The molecule has 0 N–H and O–H groups in total. The number of thiophene rings is 1. The van der Waals surface area contributed by atoms with Crippen LogP contribution in [0.25, 0.3) is 10.2 Å². The molecule has 120 valence electrons. The van der Waals surface area contributed by atoms with E-state index >= 15 is 0 Å². The standard InChI is InChI=1S/C17H13N3O3S/c1-3-22-17(21)14-10(2)13-15(19-9-20-16(13)24-14)23-12-6-4-11(8-18)5-7-12/h4-7,9H,3H2,1-2H3. The molecule has 0 radical (unpaired) electrons. The lowest BCUT2D eigenvalue weighted by Crippen LogP contribution is -2.03. The predicted molar refractivity (Wildman–Crippen MR) is 89.3 cm³/mol. The summed E-state index contributed by atoms with van der Waals surface area (Å²) in [5, 5.41) is 9.53. The third kappa shape index (κ3) is 2.92. The number of fused-ring (bicyclic) bond motifs is 1. The summed E-state index contributed by atoms with van der Waals surface area (Å²) in [5.74, 6) is 0.550. The number of esters is 1. The Morgan fingerprint density at radius 3 is 2.71 bits per heavy atom. The Morgan fingerprint density at radius 2 is 2.04 bits per heavy atom. The number of benzene rings is 1. The first kappa shape index (κ1) is 15.9. The Balaban J connectivity index is 2.01. The van der Waals surface area contributed by atoms with Crippen molar-refractivity contribution in [2.45, 2.75) is 13.8 Å². The molecule has 0 atom stereocenters. The van der Waals surface area contributed by atoms with Gasteiger partial charge in [-0.2, -0.15) is 5.26 Å². The molecule has 0 amide bonds. The average molecular weight is 339 g/mol. The van der Waals surface area contributed by atoms with E-state index in [0.29, 0.717) is 38.9 Å². The summed E-state index contributed by atoms with van der Waals surface area (Å²) in [4.78, 5) is 21.6. The molecule has 0 saturated carbocycles. The summed E-state index contributed by atoms with van der Waals surface area (Å²) >= 11 is 1.25. The lowest BCUT2D eigenvalue weighted by molar-refractivity contribution is 0.0531. The first-order valence-corrected chi connectivity index (χ1v) is 8.05. The molecule has 24 heavy (non-hydrogen) atoms. The number of nitriles is 1. The van der Waals surface area contributed by atoms with Gasteiger partial charge in [-0.25, -0.2) is 14.8 Å². The second kappa shape index (κ2) is 6.64. The van der Waals surface area contributed by atoms with Gasteiger partial charge < -0.3 is 9.47 Å². The van der Waals surface area contributed by atoms with Gasteiger partial charge in [-0.3, -0.25) is 0 Å². The molecule has 0 fully saturated rings. The van der Waals surface area contributed by atoms with Gasteiger partial charge in [0.15, 0.2) is 0 Å². The molecular weight excluding hydrogens is 326 g/mol. The smallest absolute Gasteiger partial charge is 0.348 e. The molecule has 0 unspecified atom stereocenters. The van der Waals surface area contributed by atoms with Crippen LogP contribution < -0.4 is 4.74 Å². The first-order chi connectivity index (χ1) is 11.6. The zero-order chi connectivity index (χ0) is 17.1. The molecule has 0 aliphatic rings. The van der Waals surface area contributed by atoms with E-state index in [1.54, 1.807) is 31.2 Å². The van der Waals surface area contributed by atoms with Crippen LogP contribution in [0.4, 0.5) is 0 Å². The maximum atomic E-state index is 12.0. The molecule has 0 aliphatic carbocycles. The number of aromatic nitrogens is 2. The van der Waals surface area contributed by atoms with Crippen molar-refractivity contribution in [2.24, 2.45) is 0 Å². The Hall–Kier alpha value is -2.98. The second-order valence-corrected chi connectivity index (χ2v) is 5.87. The van der Waals surface area contributed by atoms with Gasteiger partial charge in [0, 0.05) is 0 Å². The van der Waals surface area contributed by atoms with Crippen molar-refractivity contribution in [3.8, 4) is 17.7 Å². The number of hydrogen-bond donors (Lipinski definition) is 0. The zero-order valence-corrected chi connectivity index (χ0v) is 13.9. The fourth-order valence-corrected chi connectivity index (χ4v) is 3.25. The highest BCUT2D eigenvalue weighted by molar-refractivity contribution is 7.20. The van der Waals surface area contributed by atoms with Crippen molar-refractivity contribution >= 4 is 27.5 Å². The highest BCUT2D eigenvalue weighted by Gasteiger charge is 2.21. The van der Waals surface area contributed by atoms with Crippen molar-refractivity contribution < 1.29 is 14.3 Å². The molecule has 0 spiro atoms. The van der Waals surface area contributed by atoms with Crippen LogP contribution in [0.5, 0.6) is 11.6 Å². The van der Waals surface area contributed by atoms with Crippen molar-refractivity contribution in [3.63, 3.8) is 0 Å². The van der Waals surface area contributed by atoms with Crippen LogP contribution in [-0.2, 0) is 4.74 Å². The Morgan fingerprint density at radius 1 is 1.29 bits per heavy atom. The van der Waals surface area contributed by atoms with Crippen molar-refractivity contribution in [1.82, 2.24) is 9.97 Å². The Kier molecular flexibility index (Phi) is 4.40. The van der Waals surface area contributed by atoms with E-state index in [-0.39, 0.29) is 5.97 Å². The Bertz CT molecular complexity index is 942. The summed E-state index contributed by atoms with van der Waals surface area (Å²) < 4.78 is 10.9. The number of hydrogen-bond acceptors (Lipinski definition) is 7. The van der Waals surface area contributed by atoms with E-state index in [1.807, 2.05) is 6.92 Å². The number of rotatable bonds is 4. The van der Waals surface area contributed by atoms with Crippen LogP contribution in [0.1, 0.15) is 27.7 Å².